The van der Waals surface area contributed by atoms with E-state index in [0.29, 0.717) is 26.3 Å². The highest BCUT2D eigenvalue weighted by Gasteiger charge is 2.20. The zero-order valence-corrected chi connectivity index (χ0v) is 15.6. The first kappa shape index (κ1) is 19.0. The van der Waals surface area contributed by atoms with E-state index < -0.39 is 6.09 Å². The van der Waals surface area contributed by atoms with E-state index in [1.165, 1.54) is 16.0 Å². The van der Waals surface area contributed by atoms with Crippen LogP contribution in [0.15, 0.2) is 48.5 Å². The highest BCUT2D eigenvalue weighted by molar-refractivity contribution is 5.65. The molecule has 0 unspecified atom stereocenters. The summed E-state index contributed by atoms with van der Waals surface area (Å²) in [5.74, 6) is 1.67. The zero-order chi connectivity index (χ0) is 19.1. The van der Waals surface area contributed by atoms with Gasteiger partial charge < -0.3 is 19.5 Å². The van der Waals surface area contributed by atoms with Crippen molar-refractivity contribution in [3.05, 3.63) is 59.7 Å². The number of carbonyl (C=O) groups is 1. The number of benzene rings is 2. The number of piperazine rings is 1. The van der Waals surface area contributed by atoms with Crippen LogP contribution in [0, 0.1) is 6.92 Å². The van der Waals surface area contributed by atoms with Crippen LogP contribution < -0.4 is 9.47 Å². The van der Waals surface area contributed by atoms with Crippen molar-refractivity contribution in [3.63, 3.8) is 0 Å². The first-order valence-electron chi connectivity index (χ1n) is 9.21. The number of ether oxygens (including phenoxy) is 2. The number of aryl methyl sites for hydroxylation is 1. The van der Waals surface area contributed by atoms with Crippen molar-refractivity contribution in [1.82, 2.24) is 9.80 Å². The van der Waals surface area contributed by atoms with Crippen LogP contribution >= 0.6 is 0 Å². The van der Waals surface area contributed by atoms with E-state index in [1.807, 2.05) is 43.3 Å². The molecule has 1 fully saturated rings. The van der Waals surface area contributed by atoms with Gasteiger partial charge in [-0.25, -0.2) is 4.79 Å². The van der Waals surface area contributed by atoms with Gasteiger partial charge in [0.1, 0.15) is 24.7 Å². The van der Waals surface area contributed by atoms with Crippen LogP contribution in [0.25, 0.3) is 0 Å². The maximum atomic E-state index is 10.9. The molecule has 1 aliphatic rings. The van der Waals surface area contributed by atoms with Crippen LogP contribution in [0.4, 0.5) is 4.79 Å². The lowest BCUT2D eigenvalue weighted by Crippen LogP contribution is -2.47. The Hall–Kier alpha value is -2.73. The Balaban J connectivity index is 1.37. The van der Waals surface area contributed by atoms with Crippen LogP contribution in [0.5, 0.6) is 11.5 Å². The van der Waals surface area contributed by atoms with Crippen molar-refractivity contribution in [2.75, 3.05) is 39.4 Å². The smallest absolute Gasteiger partial charge is 0.407 e. The fourth-order valence-corrected chi connectivity index (χ4v) is 3.00. The minimum atomic E-state index is -0.831. The normalized spacial score (nSPS) is 14.8. The minimum Gasteiger partial charge on any atom is -0.490 e. The van der Waals surface area contributed by atoms with E-state index in [4.69, 9.17) is 14.6 Å². The number of hydrogen-bond acceptors (Lipinski definition) is 4. The maximum absolute atomic E-state index is 10.9. The lowest BCUT2D eigenvalue weighted by Gasteiger charge is -2.33. The van der Waals surface area contributed by atoms with Crippen LogP contribution in [-0.4, -0.2) is 60.4 Å². The fourth-order valence-electron chi connectivity index (χ4n) is 3.00. The summed E-state index contributed by atoms with van der Waals surface area (Å²) in [4.78, 5) is 14.7. The quantitative estimate of drug-likeness (QED) is 0.758. The summed E-state index contributed by atoms with van der Waals surface area (Å²) in [6, 6.07) is 16.0. The molecule has 6 heteroatoms. The summed E-state index contributed by atoms with van der Waals surface area (Å²) in [5, 5.41) is 8.99. The summed E-state index contributed by atoms with van der Waals surface area (Å²) in [5.41, 5.74) is 2.41. The predicted molar refractivity (Wildman–Crippen MR) is 103 cm³/mol. The molecule has 0 spiro atoms. The molecule has 0 bridgehead atoms. The van der Waals surface area contributed by atoms with E-state index >= 15 is 0 Å². The Morgan fingerprint density at radius 2 is 1.41 bits per heavy atom. The molecule has 0 atom stereocenters. The molecule has 1 N–H and O–H groups in total. The van der Waals surface area contributed by atoms with Gasteiger partial charge in [-0.15, -0.1) is 0 Å². The zero-order valence-electron chi connectivity index (χ0n) is 15.6. The molecule has 0 aliphatic carbocycles. The first-order valence-corrected chi connectivity index (χ1v) is 9.21. The average Bonchev–Trinajstić information content (AvgIpc) is 2.68. The molecule has 0 radical (unpaired) electrons. The van der Waals surface area contributed by atoms with E-state index in [9.17, 15) is 4.79 Å². The van der Waals surface area contributed by atoms with Crippen molar-refractivity contribution in [2.45, 2.75) is 13.5 Å². The van der Waals surface area contributed by atoms with Crippen molar-refractivity contribution in [2.24, 2.45) is 0 Å². The number of carboxylic acid groups (broad SMARTS) is 1. The average molecular weight is 370 g/mol. The predicted octanol–water partition coefficient (Wildman–Crippen LogP) is 3.25. The van der Waals surface area contributed by atoms with Gasteiger partial charge in [-0.05, 0) is 36.8 Å². The second kappa shape index (κ2) is 9.28. The highest BCUT2D eigenvalue weighted by Crippen LogP contribution is 2.15. The largest absolute Gasteiger partial charge is 0.490 e. The topological polar surface area (TPSA) is 62.2 Å². The summed E-state index contributed by atoms with van der Waals surface area (Å²) >= 11 is 0. The van der Waals surface area contributed by atoms with Gasteiger partial charge in [0.05, 0.1) is 0 Å². The Morgan fingerprint density at radius 1 is 0.889 bits per heavy atom. The summed E-state index contributed by atoms with van der Waals surface area (Å²) in [6.07, 6.45) is -0.831. The molecular weight excluding hydrogens is 344 g/mol. The Kier molecular flexibility index (Phi) is 6.54. The van der Waals surface area contributed by atoms with Crippen LogP contribution in [0.2, 0.25) is 0 Å². The van der Waals surface area contributed by atoms with Crippen LogP contribution in [-0.2, 0) is 6.54 Å². The molecule has 27 heavy (non-hydrogen) atoms. The van der Waals surface area contributed by atoms with Crippen molar-refractivity contribution < 1.29 is 19.4 Å². The Morgan fingerprint density at radius 3 is 1.93 bits per heavy atom. The van der Waals surface area contributed by atoms with E-state index in [-0.39, 0.29) is 0 Å². The van der Waals surface area contributed by atoms with Crippen molar-refractivity contribution in [1.29, 1.82) is 0 Å². The minimum absolute atomic E-state index is 0.490. The second-order valence-electron chi connectivity index (χ2n) is 6.70. The van der Waals surface area contributed by atoms with Gasteiger partial charge >= 0.3 is 6.09 Å². The van der Waals surface area contributed by atoms with Gasteiger partial charge in [0.2, 0.25) is 0 Å². The molecule has 2 aromatic rings. The van der Waals surface area contributed by atoms with Gasteiger partial charge in [0, 0.05) is 32.7 Å². The Bertz CT molecular complexity index is 723. The molecule has 1 saturated heterocycles. The number of rotatable bonds is 7. The molecule has 144 valence electrons. The third-order valence-electron chi connectivity index (χ3n) is 4.61. The highest BCUT2D eigenvalue weighted by atomic mass is 16.5. The number of nitrogens with zero attached hydrogens (tertiary/aromatic N) is 2. The molecule has 3 rings (SSSR count). The third kappa shape index (κ3) is 5.89. The van der Waals surface area contributed by atoms with E-state index in [1.54, 1.807) is 0 Å². The molecule has 6 nitrogen and oxygen atoms in total. The van der Waals surface area contributed by atoms with Crippen LogP contribution in [0.3, 0.4) is 0 Å². The summed E-state index contributed by atoms with van der Waals surface area (Å²) in [7, 11) is 0. The monoisotopic (exact) mass is 370 g/mol. The molecule has 1 heterocycles. The van der Waals surface area contributed by atoms with E-state index in [0.717, 1.165) is 31.1 Å². The third-order valence-corrected chi connectivity index (χ3v) is 4.61. The summed E-state index contributed by atoms with van der Waals surface area (Å²) < 4.78 is 11.4. The first-order chi connectivity index (χ1) is 13.1. The lowest BCUT2D eigenvalue weighted by atomic mass is 10.2. The van der Waals surface area contributed by atoms with Gasteiger partial charge in [-0.2, -0.15) is 0 Å². The molecule has 1 aliphatic heterocycles. The van der Waals surface area contributed by atoms with E-state index in [2.05, 4.69) is 17.0 Å². The van der Waals surface area contributed by atoms with Crippen LogP contribution in [0.1, 0.15) is 11.1 Å². The lowest BCUT2D eigenvalue weighted by molar-refractivity contribution is 0.103. The van der Waals surface area contributed by atoms with Gasteiger partial charge in [-0.1, -0.05) is 29.8 Å². The molecule has 0 aromatic heterocycles. The van der Waals surface area contributed by atoms with Gasteiger partial charge in [0.15, 0.2) is 0 Å². The Labute approximate surface area is 159 Å². The molecule has 1 amide bonds. The SMILES string of the molecule is Cc1ccc(OCCOc2ccc(CN3CCN(C(=O)O)CC3)cc2)cc1. The standard InChI is InChI=1S/C21H26N2O4/c1-17-2-6-19(7-3-17)26-14-15-27-20-8-4-18(5-9-20)16-22-10-12-23(13-11-22)21(24)25/h2-9H,10-16H2,1H3,(H,24,25). The number of hydrogen-bond donors (Lipinski definition) is 1. The second-order valence-corrected chi connectivity index (χ2v) is 6.70. The van der Waals surface area contributed by atoms with Gasteiger partial charge in [-0.3, -0.25) is 4.90 Å². The number of amides is 1. The maximum Gasteiger partial charge on any atom is 0.407 e. The molecule has 0 saturated carbocycles. The molecule has 2 aromatic carbocycles. The fraction of sp³-hybridized carbons (Fsp3) is 0.381. The van der Waals surface area contributed by atoms with Crippen molar-refractivity contribution in [3.8, 4) is 11.5 Å². The summed E-state index contributed by atoms with van der Waals surface area (Å²) in [6.45, 7) is 6.52. The molecular formula is C21H26N2O4. The van der Waals surface area contributed by atoms with Gasteiger partial charge in [0.25, 0.3) is 0 Å². The van der Waals surface area contributed by atoms with Crippen molar-refractivity contribution >= 4 is 6.09 Å².